The number of carbonyl (C=O) groups excluding carboxylic acids is 2. The Kier molecular flexibility index (Phi) is 6.25. The van der Waals surface area contributed by atoms with E-state index < -0.39 is 11.8 Å². The van der Waals surface area contributed by atoms with E-state index in [0.29, 0.717) is 6.61 Å². The summed E-state index contributed by atoms with van der Waals surface area (Å²) in [6, 6.07) is 7.58. The number of hydrogen-bond acceptors (Lipinski definition) is 4. The third-order valence-electron chi connectivity index (χ3n) is 2.36. The smallest absolute Gasteiger partial charge is 0.329 e. The number of carbonyl (C=O) groups is 2. The highest BCUT2D eigenvalue weighted by Gasteiger charge is 2.10. The molecule has 0 saturated carbocycles. The summed E-state index contributed by atoms with van der Waals surface area (Å²) < 4.78 is 4.75. The Bertz CT molecular complexity index is 472. The first-order chi connectivity index (χ1) is 9.15. The van der Waals surface area contributed by atoms with Crippen molar-refractivity contribution >= 4 is 18.0 Å². The molecule has 1 rings (SSSR count). The predicted octanol–water partition coefficient (Wildman–Crippen LogP) is 0.208. The Morgan fingerprint density at radius 2 is 2.05 bits per heavy atom. The van der Waals surface area contributed by atoms with Gasteiger partial charge in [-0.1, -0.05) is 24.3 Å². The average molecular weight is 263 g/mol. The second-order valence-electron chi connectivity index (χ2n) is 3.80. The van der Waals surface area contributed by atoms with E-state index in [-0.39, 0.29) is 6.54 Å². The molecular weight excluding hydrogens is 246 g/mol. The quantitative estimate of drug-likeness (QED) is 0.345. The van der Waals surface area contributed by atoms with Gasteiger partial charge in [0.25, 0.3) is 0 Å². The van der Waals surface area contributed by atoms with Gasteiger partial charge >= 0.3 is 11.8 Å². The molecule has 1 aromatic rings. The molecule has 102 valence electrons. The third kappa shape index (κ3) is 5.31. The minimum Gasteiger partial charge on any atom is -0.383 e. The highest BCUT2D eigenvalue weighted by atomic mass is 16.5. The monoisotopic (exact) mass is 263 g/mol. The van der Waals surface area contributed by atoms with E-state index >= 15 is 0 Å². The largest absolute Gasteiger partial charge is 0.383 e. The second-order valence-corrected chi connectivity index (χ2v) is 3.80. The summed E-state index contributed by atoms with van der Waals surface area (Å²) in [7, 11) is 1.51. The number of benzene rings is 1. The number of hydrogen-bond donors (Lipinski definition) is 2. The van der Waals surface area contributed by atoms with Gasteiger partial charge in [-0.3, -0.25) is 9.59 Å². The van der Waals surface area contributed by atoms with Gasteiger partial charge in [0.1, 0.15) is 0 Å². The Balaban J connectivity index is 2.41. The van der Waals surface area contributed by atoms with Crippen LogP contribution in [0, 0.1) is 6.92 Å². The topological polar surface area (TPSA) is 79.8 Å². The van der Waals surface area contributed by atoms with Crippen LogP contribution >= 0.6 is 0 Å². The van der Waals surface area contributed by atoms with Gasteiger partial charge in [0.05, 0.1) is 12.8 Å². The molecule has 0 unspecified atom stereocenters. The zero-order chi connectivity index (χ0) is 14.1. The number of aryl methyl sites for hydroxylation is 1. The SMILES string of the molecule is COCCNC(=O)C(=O)N/N=C\c1ccccc1C. The summed E-state index contributed by atoms with van der Waals surface area (Å²) in [5.74, 6) is -1.54. The van der Waals surface area contributed by atoms with Crippen LogP contribution in [0.3, 0.4) is 0 Å². The van der Waals surface area contributed by atoms with Crippen LogP contribution < -0.4 is 10.7 Å². The molecule has 0 aliphatic carbocycles. The molecule has 0 saturated heterocycles. The molecule has 0 bridgehead atoms. The molecule has 0 fully saturated rings. The average Bonchev–Trinajstić information content (AvgIpc) is 2.41. The summed E-state index contributed by atoms with van der Waals surface area (Å²) in [4.78, 5) is 22.6. The Morgan fingerprint density at radius 3 is 2.74 bits per heavy atom. The van der Waals surface area contributed by atoms with E-state index in [1.54, 1.807) is 0 Å². The van der Waals surface area contributed by atoms with E-state index in [2.05, 4.69) is 15.8 Å². The highest BCUT2D eigenvalue weighted by molar-refractivity contribution is 6.35. The van der Waals surface area contributed by atoms with Crippen molar-refractivity contribution in [2.75, 3.05) is 20.3 Å². The van der Waals surface area contributed by atoms with Gasteiger partial charge in [0.2, 0.25) is 0 Å². The molecule has 6 nitrogen and oxygen atoms in total. The molecule has 1 aromatic carbocycles. The number of amides is 2. The van der Waals surface area contributed by atoms with Gasteiger partial charge in [0, 0.05) is 13.7 Å². The lowest BCUT2D eigenvalue weighted by Crippen LogP contribution is -2.39. The lowest BCUT2D eigenvalue weighted by molar-refractivity contribution is -0.139. The Morgan fingerprint density at radius 1 is 1.32 bits per heavy atom. The third-order valence-corrected chi connectivity index (χ3v) is 2.36. The maximum Gasteiger partial charge on any atom is 0.329 e. The number of nitrogens with zero attached hydrogens (tertiary/aromatic N) is 1. The molecular formula is C13H17N3O3. The summed E-state index contributed by atoms with van der Waals surface area (Å²) in [5, 5.41) is 6.13. The number of methoxy groups -OCH3 is 1. The highest BCUT2D eigenvalue weighted by Crippen LogP contribution is 2.02. The predicted molar refractivity (Wildman–Crippen MR) is 71.8 cm³/mol. The van der Waals surface area contributed by atoms with Crippen LogP contribution in [0.15, 0.2) is 29.4 Å². The van der Waals surface area contributed by atoms with Crippen molar-refractivity contribution in [3.63, 3.8) is 0 Å². The fourth-order valence-electron chi connectivity index (χ4n) is 1.29. The van der Waals surface area contributed by atoms with Crippen molar-refractivity contribution in [1.82, 2.24) is 10.7 Å². The summed E-state index contributed by atoms with van der Waals surface area (Å²) in [5.41, 5.74) is 4.07. The fourth-order valence-corrected chi connectivity index (χ4v) is 1.29. The molecule has 19 heavy (non-hydrogen) atoms. The molecule has 0 heterocycles. The molecule has 0 atom stereocenters. The minimum absolute atomic E-state index is 0.282. The number of nitrogens with one attached hydrogen (secondary N) is 2. The van der Waals surface area contributed by atoms with Crippen molar-refractivity contribution < 1.29 is 14.3 Å². The first-order valence-corrected chi connectivity index (χ1v) is 5.81. The van der Waals surface area contributed by atoms with Crippen LogP contribution in [0.4, 0.5) is 0 Å². The molecule has 0 spiro atoms. The van der Waals surface area contributed by atoms with Crippen LogP contribution in [-0.2, 0) is 14.3 Å². The molecule has 6 heteroatoms. The van der Waals surface area contributed by atoms with E-state index in [9.17, 15) is 9.59 Å². The second kappa shape index (κ2) is 7.99. The summed E-state index contributed by atoms with van der Waals surface area (Å²) >= 11 is 0. The molecule has 0 aromatic heterocycles. The van der Waals surface area contributed by atoms with Crippen LogP contribution in [0.5, 0.6) is 0 Å². The van der Waals surface area contributed by atoms with Gasteiger partial charge in [-0.25, -0.2) is 5.43 Å². The van der Waals surface area contributed by atoms with Gasteiger partial charge < -0.3 is 10.1 Å². The Hall–Kier alpha value is -2.21. The number of rotatable bonds is 5. The molecule has 0 radical (unpaired) electrons. The Labute approximate surface area is 111 Å². The van der Waals surface area contributed by atoms with Crippen LogP contribution in [0.25, 0.3) is 0 Å². The zero-order valence-corrected chi connectivity index (χ0v) is 11.0. The van der Waals surface area contributed by atoms with E-state index in [1.165, 1.54) is 13.3 Å². The molecule has 2 N–H and O–H groups in total. The maximum absolute atomic E-state index is 11.3. The van der Waals surface area contributed by atoms with E-state index in [0.717, 1.165) is 11.1 Å². The summed E-state index contributed by atoms with van der Waals surface area (Å²) in [6.45, 7) is 2.57. The van der Waals surface area contributed by atoms with Crippen LogP contribution in [0.2, 0.25) is 0 Å². The van der Waals surface area contributed by atoms with Gasteiger partial charge in [-0.2, -0.15) is 5.10 Å². The van der Waals surface area contributed by atoms with Gasteiger partial charge in [0.15, 0.2) is 0 Å². The first-order valence-electron chi connectivity index (χ1n) is 5.81. The van der Waals surface area contributed by atoms with Crippen LogP contribution in [-0.4, -0.2) is 38.3 Å². The van der Waals surface area contributed by atoms with Crippen LogP contribution in [0.1, 0.15) is 11.1 Å². The molecule has 0 aliphatic rings. The van der Waals surface area contributed by atoms with E-state index in [4.69, 9.17) is 4.74 Å². The van der Waals surface area contributed by atoms with Gasteiger partial charge in [-0.15, -0.1) is 0 Å². The molecule has 0 aliphatic heterocycles. The first kappa shape index (κ1) is 14.8. The number of ether oxygens (including phenoxy) is 1. The van der Waals surface area contributed by atoms with Gasteiger partial charge in [-0.05, 0) is 18.1 Å². The summed E-state index contributed by atoms with van der Waals surface area (Å²) in [6.07, 6.45) is 1.50. The van der Waals surface area contributed by atoms with Crippen molar-refractivity contribution in [2.24, 2.45) is 5.10 Å². The minimum atomic E-state index is -0.805. The standard InChI is InChI=1S/C13H17N3O3/c1-10-5-3-4-6-11(10)9-15-16-13(18)12(17)14-7-8-19-2/h3-6,9H,7-8H2,1-2H3,(H,14,17)(H,16,18)/b15-9-. The zero-order valence-electron chi connectivity index (χ0n) is 11.0. The maximum atomic E-state index is 11.3. The lowest BCUT2D eigenvalue weighted by Gasteiger charge is -2.02. The normalized spacial score (nSPS) is 10.4. The van der Waals surface area contributed by atoms with Crippen molar-refractivity contribution in [3.8, 4) is 0 Å². The van der Waals surface area contributed by atoms with Crippen molar-refractivity contribution in [1.29, 1.82) is 0 Å². The van der Waals surface area contributed by atoms with E-state index in [1.807, 2.05) is 31.2 Å². The van der Waals surface area contributed by atoms with Crippen molar-refractivity contribution in [2.45, 2.75) is 6.92 Å². The number of hydrazone groups is 1. The molecule has 2 amide bonds. The fraction of sp³-hybridized carbons (Fsp3) is 0.308. The lowest BCUT2D eigenvalue weighted by atomic mass is 10.1. The van der Waals surface area contributed by atoms with Crippen molar-refractivity contribution in [3.05, 3.63) is 35.4 Å².